The molecule has 0 atom stereocenters. The highest BCUT2D eigenvalue weighted by Gasteiger charge is 2.26. The Balaban J connectivity index is 1.39. The lowest BCUT2D eigenvalue weighted by Gasteiger charge is -2.32. The quantitative estimate of drug-likeness (QED) is 0.713. The summed E-state index contributed by atoms with van der Waals surface area (Å²) in [6, 6.07) is 13.6. The molecule has 6 nitrogen and oxygen atoms in total. The van der Waals surface area contributed by atoms with E-state index in [0.717, 1.165) is 43.2 Å². The molecule has 0 spiro atoms. The highest BCUT2D eigenvalue weighted by Crippen LogP contribution is 2.24. The summed E-state index contributed by atoms with van der Waals surface area (Å²) in [7, 11) is 3.18. The lowest BCUT2D eigenvalue weighted by Crippen LogP contribution is -3.13. The third-order valence-corrected chi connectivity index (χ3v) is 6.13. The van der Waals surface area contributed by atoms with Gasteiger partial charge >= 0.3 is 0 Å². The molecule has 0 radical (unpaired) electrons. The van der Waals surface area contributed by atoms with Crippen LogP contribution in [-0.4, -0.2) is 56.2 Å². The molecule has 1 amide bonds. The van der Waals surface area contributed by atoms with E-state index >= 15 is 0 Å². The first-order valence-electron chi connectivity index (χ1n) is 9.36. The van der Waals surface area contributed by atoms with E-state index < -0.39 is 0 Å². The van der Waals surface area contributed by atoms with Crippen molar-refractivity contribution in [2.45, 2.75) is 6.54 Å². The summed E-state index contributed by atoms with van der Waals surface area (Å²) in [5.74, 6) is 1.28. The zero-order valence-electron chi connectivity index (χ0n) is 16.1. The largest absolute Gasteiger partial charge is 0.497 e. The number of amides is 1. The van der Waals surface area contributed by atoms with Gasteiger partial charge < -0.3 is 19.3 Å². The molecule has 2 heterocycles. The molecule has 1 aliphatic heterocycles. The van der Waals surface area contributed by atoms with E-state index in [2.05, 4.69) is 18.2 Å². The Bertz CT molecular complexity index is 925. The van der Waals surface area contributed by atoms with Crippen molar-refractivity contribution in [1.29, 1.82) is 0 Å². The number of ether oxygens (including phenoxy) is 2. The molecule has 4 rings (SSSR count). The first-order chi connectivity index (χ1) is 13.7. The molecule has 1 fully saturated rings. The number of rotatable bonds is 5. The maximum atomic E-state index is 12.9. The summed E-state index contributed by atoms with van der Waals surface area (Å²) in [4.78, 5) is 21.0. The zero-order chi connectivity index (χ0) is 19.5. The van der Waals surface area contributed by atoms with Crippen molar-refractivity contribution in [3.05, 3.63) is 53.0 Å². The maximum Gasteiger partial charge on any atom is 0.254 e. The number of hydrogen-bond donors (Lipinski definition) is 1. The summed E-state index contributed by atoms with van der Waals surface area (Å²) in [5.41, 5.74) is 1.67. The van der Waals surface area contributed by atoms with Gasteiger partial charge in [-0.15, -0.1) is 11.3 Å². The number of aromatic nitrogens is 1. The fourth-order valence-electron chi connectivity index (χ4n) is 3.53. The SMILES string of the molecule is COc1cc(OC)cc(C(=O)N2CC[NH+](Cc3nc4ccccc4s3)CC2)c1. The van der Waals surface area contributed by atoms with E-state index in [1.54, 1.807) is 43.8 Å². The summed E-state index contributed by atoms with van der Waals surface area (Å²) in [6.45, 7) is 4.22. The second-order valence-electron chi connectivity index (χ2n) is 6.90. The number of methoxy groups -OCH3 is 2. The Labute approximate surface area is 168 Å². The number of carbonyl (C=O) groups excluding carboxylic acids is 1. The molecule has 2 aromatic carbocycles. The van der Waals surface area contributed by atoms with Crippen LogP contribution in [0.15, 0.2) is 42.5 Å². The Morgan fingerprint density at radius 1 is 1.11 bits per heavy atom. The average molecular weight is 399 g/mol. The molecule has 3 aromatic rings. The van der Waals surface area contributed by atoms with Crippen LogP contribution in [0.1, 0.15) is 15.4 Å². The first kappa shape index (κ1) is 18.7. The number of fused-ring (bicyclic) bond motifs is 1. The molecule has 1 aromatic heterocycles. The van der Waals surface area contributed by atoms with Gasteiger partial charge in [0.1, 0.15) is 23.1 Å². The molecule has 0 bridgehead atoms. The molecule has 0 saturated carbocycles. The number of carbonyl (C=O) groups is 1. The van der Waals surface area contributed by atoms with Crippen molar-refractivity contribution < 1.29 is 19.2 Å². The van der Waals surface area contributed by atoms with Crippen molar-refractivity contribution in [3.63, 3.8) is 0 Å². The van der Waals surface area contributed by atoms with Gasteiger partial charge in [0.15, 0.2) is 0 Å². The molecule has 0 unspecified atom stereocenters. The maximum absolute atomic E-state index is 12.9. The van der Waals surface area contributed by atoms with E-state index in [1.807, 2.05) is 11.0 Å². The minimum absolute atomic E-state index is 0.0243. The lowest BCUT2D eigenvalue weighted by atomic mass is 10.1. The number of quaternary nitrogens is 1. The average Bonchev–Trinajstić information content (AvgIpc) is 3.15. The fraction of sp³-hybridized carbons (Fsp3) is 0.333. The van der Waals surface area contributed by atoms with Crippen LogP contribution in [0, 0.1) is 0 Å². The molecule has 1 N–H and O–H groups in total. The number of benzene rings is 2. The van der Waals surface area contributed by atoms with E-state index in [1.165, 1.54) is 9.60 Å². The molecule has 7 heteroatoms. The van der Waals surface area contributed by atoms with Gasteiger partial charge in [0.05, 0.1) is 50.6 Å². The zero-order valence-corrected chi connectivity index (χ0v) is 16.9. The number of hydrogen-bond acceptors (Lipinski definition) is 5. The molecular weight excluding hydrogens is 374 g/mol. The minimum atomic E-state index is 0.0243. The number of piperazine rings is 1. The van der Waals surface area contributed by atoms with E-state index in [-0.39, 0.29) is 5.91 Å². The predicted octanol–water partition coefficient (Wildman–Crippen LogP) is 1.85. The van der Waals surface area contributed by atoms with Gasteiger partial charge in [-0.2, -0.15) is 0 Å². The summed E-state index contributed by atoms with van der Waals surface area (Å²) < 4.78 is 11.8. The lowest BCUT2D eigenvalue weighted by molar-refractivity contribution is -0.917. The Morgan fingerprint density at radius 3 is 2.43 bits per heavy atom. The third kappa shape index (κ3) is 3.95. The monoisotopic (exact) mass is 398 g/mol. The van der Waals surface area contributed by atoms with E-state index in [4.69, 9.17) is 14.5 Å². The van der Waals surface area contributed by atoms with Gasteiger partial charge in [0, 0.05) is 11.6 Å². The van der Waals surface area contributed by atoms with Crippen molar-refractivity contribution in [2.24, 2.45) is 0 Å². The van der Waals surface area contributed by atoms with Crippen LogP contribution in [0.2, 0.25) is 0 Å². The van der Waals surface area contributed by atoms with Crippen LogP contribution in [0.3, 0.4) is 0 Å². The molecule has 146 valence electrons. The molecule has 0 aliphatic carbocycles. The standard InChI is InChI=1S/C21H23N3O3S/c1-26-16-11-15(12-17(13-16)27-2)21(25)24-9-7-23(8-10-24)14-20-22-18-5-3-4-6-19(18)28-20/h3-6,11-13H,7-10,14H2,1-2H3/p+1. The molecule has 1 aliphatic rings. The molecule has 1 saturated heterocycles. The van der Waals surface area contributed by atoms with Crippen LogP contribution in [0.4, 0.5) is 0 Å². The number of para-hydroxylation sites is 1. The van der Waals surface area contributed by atoms with Crippen molar-refractivity contribution >= 4 is 27.5 Å². The van der Waals surface area contributed by atoms with Crippen molar-refractivity contribution in [1.82, 2.24) is 9.88 Å². The van der Waals surface area contributed by atoms with Crippen LogP contribution in [0.5, 0.6) is 11.5 Å². The van der Waals surface area contributed by atoms with Gasteiger partial charge in [-0.25, -0.2) is 4.98 Å². The number of nitrogens with zero attached hydrogens (tertiary/aromatic N) is 2. The normalized spacial score (nSPS) is 15.0. The third-order valence-electron chi connectivity index (χ3n) is 5.10. The predicted molar refractivity (Wildman–Crippen MR) is 109 cm³/mol. The second kappa shape index (κ2) is 8.16. The van der Waals surface area contributed by atoms with Crippen LogP contribution < -0.4 is 14.4 Å². The summed E-state index contributed by atoms with van der Waals surface area (Å²) in [6.07, 6.45) is 0. The highest BCUT2D eigenvalue weighted by molar-refractivity contribution is 7.18. The van der Waals surface area contributed by atoms with E-state index in [0.29, 0.717) is 17.1 Å². The van der Waals surface area contributed by atoms with Gasteiger partial charge in [0.25, 0.3) is 5.91 Å². The van der Waals surface area contributed by atoms with E-state index in [9.17, 15) is 4.79 Å². The van der Waals surface area contributed by atoms with Crippen LogP contribution >= 0.6 is 11.3 Å². The van der Waals surface area contributed by atoms with Crippen LogP contribution in [0.25, 0.3) is 10.2 Å². The van der Waals surface area contributed by atoms with Crippen molar-refractivity contribution in [3.8, 4) is 11.5 Å². The molecule has 28 heavy (non-hydrogen) atoms. The highest BCUT2D eigenvalue weighted by atomic mass is 32.1. The molecular formula is C21H24N3O3S+. The van der Waals surface area contributed by atoms with Gasteiger partial charge in [-0.05, 0) is 24.3 Å². The fourth-order valence-corrected chi connectivity index (χ4v) is 4.56. The smallest absolute Gasteiger partial charge is 0.254 e. The Kier molecular flexibility index (Phi) is 5.45. The summed E-state index contributed by atoms with van der Waals surface area (Å²) in [5, 5.41) is 1.16. The second-order valence-corrected chi connectivity index (χ2v) is 8.01. The Morgan fingerprint density at radius 2 is 1.79 bits per heavy atom. The van der Waals surface area contributed by atoms with Crippen molar-refractivity contribution in [2.75, 3.05) is 40.4 Å². The van der Waals surface area contributed by atoms with Gasteiger partial charge in [-0.1, -0.05) is 12.1 Å². The van der Waals surface area contributed by atoms with Gasteiger partial charge in [-0.3, -0.25) is 4.79 Å². The number of thiazole rings is 1. The summed E-state index contributed by atoms with van der Waals surface area (Å²) >= 11 is 1.76. The van der Waals surface area contributed by atoms with Crippen LogP contribution in [-0.2, 0) is 6.54 Å². The Hall–Kier alpha value is -2.64. The number of nitrogens with one attached hydrogen (secondary N) is 1. The first-order valence-corrected chi connectivity index (χ1v) is 10.2. The minimum Gasteiger partial charge on any atom is -0.497 e. The van der Waals surface area contributed by atoms with Gasteiger partial charge in [0.2, 0.25) is 0 Å². The topological polar surface area (TPSA) is 56.1 Å².